The van der Waals surface area contributed by atoms with Crippen molar-refractivity contribution in [3.63, 3.8) is 0 Å². The summed E-state index contributed by atoms with van der Waals surface area (Å²) in [4.78, 5) is 12.8. The van der Waals surface area contributed by atoms with E-state index in [9.17, 15) is 4.79 Å². The van der Waals surface area contributed by atoms with Crippen LogP contribution in [0.15, 0.2) is 24.3 Å². The molecular weight excluding hydrogens is 287 g/mol. The van der Waals surface area contributed by atoms with Gasteiger partial charge in [-0.3, -0.25) is 4.79 Å². The van der Waals surface area contributed by atoms with Crippen molar-refractivity contribution >= 4 is 34.9 Å². The van der Waals surface area contributed by atoms with Crippen molar-refractivity contribution in [3.05, 3.63) is 29.8 Å². The van der Waals surface area contributed by atoms with Crippen molar-refractivity contribution in [1.29, 1.82) is 0 Å². The molecule has 106 valence electrons. The van der Waals surface area contributed by atoms with Crippen LogP contribution in [0.25, 0.3) is 0 Å². The molecule has 0 amide bonds. The lowest BCUT2D eigenvalue weighted by molar-refractivity contribution is -0.138. The number of carboxylic acids is 1. The van der Waals surface area contributed by atoms with Gasteiger partial charge in [0, 0.05) is 30.5 Å². The highest BCUT2D eigenvalue weighted by molar-refractivity contribution is 6.18. The predicted molar refractivity (Wildman–Crippen MR) is 79.4 cm³/mol. The molecule has 6 heteroatoms. The van der Waals surface area contributed by atoms with Crippen molar-refractivity contribution < 1.29 is 9.90 Å². The molecule has 0 unspecified atom stereocenters. The van der Waals surface area contributed by atoms with Gasteiger partial charge in [-0.25, -0.2) is 0 Å². The molecule has 19 heavy (non-hydrogen) atoms. The predicted octanol–water partition coefficient (Wildman–Crippen LogP) is 1.93. The normalized spacial score (nSPS) is 12.2. The lowest BCUT2D eigenvalue weighted by Crippen LogP contribution is -2.32. The molecule has 4 nitrogen and oxygen atoms in total. The average molecular weight is 305 g/mol. The van der Waals surface area contributed by atoms with Crippen LogP contribution in [0, 0.1) is 0 Å². The van der Waals surface area contributed by atoms with Crippen LogP contribution in [0.4, 0.5) is 5.69 Å². The van der Waals surface area contributed by atoms with Crippen LogP contribution >= 0.6 is 23.2 Å². The number of hydrogen-bond donors (Lipinski definition) is 2. The number of halogens is 2. The van der Waals surface area contributed by atoms with Crippen LogP contribution in [0.1, 0.15) is 5.56 Å². The van der Waals surface area contributed by atoms with Gasteiger partial charge in [0.05, 0.1) is 0 Å². The van der Waals surface area contributed by atoms with Crippen molar-refractivity contribution in [2.45, 2.75) is 12.5 Å². The highest BCUT2D eigenvalue weighted by atomic mass is 35.5. The van der Waals surface area contributed by atoms with Crippen molar-refractivity contribution in [2.75, 3.05) is 29.7 Å². The van der Waals surface area contributed by atoms with Crippen LogP contribution < -0.4 is 10.6 Å². The van der Waals surface area contributed by atoms with Gasteiger partial charge in [0.1, 0.15) is 6.04 Å². The third-order valence-electron chi connectivity index (χ3n) is 2.76. The maximum atomic E-state index is 10.8. The maximum Gasteiger partial charge on any atom is 0.320 e. The molecule has 0 saturated heterocycles. The van der Waals surface area contributed by atoms with Gasteiger partial charge in [0.15, 0.2) is 0 Å². The van der Waals surface area contributed by atoms with Gasteiger partial charge in [-0.15, -0.1) is 23.2 Å². The molecule has 1 aromatic rings. The van der Waals surface area contributed by atoms with Gasteiger partial charge in [-0.05, 0) is 24.1 Å². The van der Waals surface area contributed by atoms with Gasteiger partial charge in [-0.2, -0.15) is 0 Å². The quantitative estimate of drug-likeness (QED) is 0.720. The fourth-order valence-corrected chi connectivity index (χ4v) is 2.20. The zero-order chi connectivity index (χ0) is 14.3. The van der Waals surface area contributed by atoms with Crippen molar-refractivity contribution in [3.8, 4) is 0 Å². The molecule has 0 spiro atoms. The van der Waals surface area contributed by atoms with E-state index in [2.05, 4.69) is 4.90 Å². The van der Waals surface area contributed by atoms with E-state index >= 15 is 0 Å². The molecule has 3 N–H and O–H groups in total. The Morgan fingerprint density at radius 2 is 1.95 bits per heavy atom. The van der Waals surface area contributed by atoms with E-state index < -0.39 is 12.0 Å². The summed E-state index contributed by atoms with van der Waals surface area (Å²) in [5.74, 6) is 0.0229. The van der Waals surface area contributed by atoms with Gasteiger partial charge in [-0.1, -0.05) is 12.1 Å². The van der Waals surface area contributed by atoms with E-state index in [1.165, 1.54) is 0 Å². The number of carbonyl (C=O) groups is 1. The Hall–Kier alpha value is -0.970. The standard InChI is InChI=1S/C13H18Cl2N2O2/c14-4-6-17(7-5-15)11-3-1-2-10(8-11)9-12(16)13(18)19/h1-3,8,12H,4-7,9,16H2,(H,18,19)/t12-/m0/s1. The molecule has 0 aromatic heterocycles. The lowest BCUT2D eigenvalue weighted by atomic mass is 10.1. The number of rotatable bonds is 8. The number of alkyl halides is 2. The Morgan fingerprint density at radius 1 is 1.32 bits per heavy atom. The number of nitrogens with zero attached hydrogens (tertiary/aromatic N) is 1. The Kier molecular flexibility index (Phi) is 6.99. The lowest BCUT2D eigenvalue weighted by Gasteiger charge is -2.23. The van der Waals surface area contributed by atoms with Crippen LogP contribution in [0.2, 0.25) is 0 Å². The monoisotopic (exact) mass is 304 g/mol. The van der Waals surface area contributed by atoms with Gasteiger partial charge >= 0.3 is 5.97 Å². The summed E-state index contributed by atoms with van der Waals surface area (Å²) in [5.41, 5.74) is 7.41. The first-order chi connectivity index (χ1) is 9.08. The van der Waals surface area contributed by atoms with E-state index in [-0.39, 0.29) is 0 Å². The van der Waals surface area contributed by atoms with Crippen LogP contribution in [-0.2, 0) is 11.2 Å². The molecule has 1 atom stereocenters. The summed E-state index contributed by atoms with van der Waals surface area (Å²) < 4.78 is 0. The topological polar surface area (TPSA) is 66.6 Å². The summed E-state index contributed by atoms with van der Waals surface area (Å²) in [6, 6.07) is 6.75. The van der Waals surface area contributed by atoms with E-state index in [1.807, 2.05) is 24.3 Å². The third kappa shape index (κ3) is 5.27. The van der Waals surface area contributed by atoms with E-state index in [0.29, 0.717) is 31.3 Å². The minimum absolute atomic E-state index is 0.304. The molecular formula is C13H18Cl2N2O2. The minimum atomic E-state index is -0.997. The number of carboxylic acid groups (broad SMARTS) is 1. The minimum Gasteiger partial charge on any atom is -0.480 e. The van der Waals surface area contributed by atoms with Gasteiger partial charge in [0.25, 0.3) is 0 Å². The summed E-state index contributed by atoms with van der Waals surface area (Å²) in [7, 11) is 0. The maximum absolute atomic E-state index is 10.8. The number of benzene rings is 1. The van der Waals surface area contributed by atoms with Crippen LogP contribution in [0.3, 0.4) is 0 Å². The first kappa shape index (κ1) is 16.1. The molecule has 0 radical (unpaired) electrons. The smallest absolute Gasteiger partial charge is 0.320 e. The second-order valence-corrected chi connectivity index (χ2v) is 4.94. The third-order valence-corrected chi connectivity index (χ3v) is 3.10. The first-order valence-corrected chi connectivity index (χ1v) is 7.09. The molecule has 0 fully saturated rings. The van der Waals surface area contributed by atoms with E-state index in [1.54, 1.807) is 0 Å². The Morgan fingerprint density at radius 3 is 2.47 bits per heavy atom. The molecule has 0 aliphatic rings. The molecule has 1 aromatic carbocycles. The summed E-state index contributed by atoms with van der Waals surface area (Å²) in [5, 5.41) is 8.82. The SMILES string of the molecule is N[C@@H](Cc1cccc(N(CCCl)CCCl)c1)C(=O)O. The van der Waals surface area contributed by atoms with Crippen LogP contribution in [-0.4, -0.2) is 42.0 Å². The van der Waals surface area contributed by atoms with E-state index in [0.717, 1.165) is 11.3 Å². The molecule has 0 heterocycles. The second kappa shape index (κ2) is 8.25. The summed E-state index contributed by atoms with van der Waals surface area (Å²) in [6.45, 7) is 1.39. The Balaban J connectivity index is 2.82. The largest absolute Gasteiger partial charge is 0.480 e. The van der Waals surface area contributed by atoms with Crippen molar-refractivity contribution in [1.82, 2.24) is 0 Å². The number of aliphatic carboxylic acids is 1. The zero-order valence-electron chi connectivity index (χ0n) is 10.6. The number of anilines is 1. The fourth-order valence-electron chi connectivity index (χ4n) is 1.80. The van der Waals surface area contributed by atoms with E-state index in [4.69, 9.17) is 34.0 Å². The van der Waals surface area contributed by atoms with Crippen molar-refractivity contribution in [2.24, 2.45) is 5.73 Å². The molecule has 0 saturated carbocycles. The first-order valence-electron chi connectivity index (χ1n) is 6.02. The zero-order valence-corrected chi connectivity index (χ0v) is 12.1. The van der Waals surface area contributed by atoms with Gasteiger partial charge < -0.3 is 15.7 Å². The average Bonchev–Trinajstić information content (AvgIpc) is 2.38. The summed E-state index contributed by atoms with van der Waals surface area (Å²) in [6.07, 6.45) is 0.304. The Bertz CT molecular complexity index is 409. The highest BCUT2D eigenvalue weighted by Crippen LogP contribution is 2.17. The number of hydrogen-bond acceptors (Lipinski definition) is 3. The molecule has 0 aliphatic carbocycles. The summed E-state index contributed by atoms with van der Waals surface area (Å²) >= 11 is 11.5. The molecule has 0 bridgehead atoms. The van der Waals surface area contributed by atoms with Crippen LogP contribution in [0.5, 0.6) is 0 Å². The molecule has 0 aliphatic heterocycles. The van der Waals surface area contributed by atoms with Gasteiger partial charge in [0.2, 0.25) is 0 Å². The Labute approximate surface area is 123 Å². The fraction of sp³-hybridized carbons (Fsp3) is 0.462. The highest BCUT2D eigenvalue weighted by Gasteiger charge is 2.13. The molecule has 1 rings (SSSR count). The number of nitrogens with two attached hydrogens (primary N) is 1. The second-order valence-electron chi connectivity index (χ2n) is 4.18.